The summed E-state index contributed by atoms with van der Waals surface area (Å²) in [5, 5.41) is 8.16. The normalized spacial score (nSPS) is 20.8. The van der Waals surface area contributed by atoms with Gasteiger partial charge in [-0.2, -0.15) is 0 Å². The molecule has 0 radical (unpaired) electrons. The van der Waals surface area contributed by atoms with Crippen molar-refractivity contribution in [2.75, 3.05) is 0 Å². The van der Waals surface area contributed by atoms with Crippen molar-refractivity contribution in [3.8, 4) is 5.75 Å². The number of aryl methyl sites for hydroxylation is 1. The summed E-state index contributed by atoms with van der Waals surface area (Å²) in [4.78, 5) is 0. The topological polar surface area (TPSA) is 65.4 Å². The van der Waals surface area contributed by atoms with Gasteiger partial charge in [-0.05, 0) is 43.0 Å². The van der Waals surface area contributed by atoms with E-state index in [0.717, 1.165) is 30.1 Å². The van der Waals surface area contributed by atoms with Crippen molar-refractivity contribution in [2.45, 2.75) is 31.9 Å². The van der Waals surface area contributed by atoms with Gasteiger partial charge in [0.05, 0.1) is 6.20 Å². The van der Waals surface area contributed by atoms with Gasteiger partial charge in [-0.1, -0.05) is 24.3 Å². The van der Waals surface area contributed by atoms with Gasteiger partial charge in [0, 0.05) is 6.04 Å². The molecule has 5 nitrogen and oxygen atoms in total. The zero-order valence-electron chi connectivity index (χ0n) is 12.4. The Morgan fingerprint density at radius 2 is 1.91 bits per heavy atom. The summed E-state index contributed by atoms with van der Waals surface area (Å²) in [7, 11) is 0. The van der Waals surface area contributed by atoms with E-state index >= 15 is 0 Å². The molecule has 2 atom stereocenters. The number of aromatic nitrogens is 3. The van der Waals surface area contributed by atoms with E-state index in [1.54, 1.807) is 0 Å². The second-order valence-electron chi connectivity index (χ2n) is 5.76. The number of fused-ring (bicyclic) bond motifs is 2. The van der Waals surface area contributed by atoms with Gasteiger partial charge < -0.3 is 10.5 Å². The maximum absolute atomic E-state index is 6.23. The third-order valence-corrected chi connectivity index (χ3v) is 4.31. The summed E-state index contributed by atoms with van der Waals surface area (Å²) in [6, 6.07) is 12.3. The molecule has 0 saturated carbocycles. The average Bonchev–Trinajstić information content (AvgIpc) is 2.91. The molecule has 0 amide bonds. The molecule has 0 saturated heterocycles. The molecule has 4 rings (SSSR count). The van der Waals surface area contributed by atoms with E-state index < -0.39 is 0 Å². The van der Waals surface area contributed by atoms with Gasteiger partial charge in [-0.15, -0.1) is 10.2 Å². The Hall–Kier alpha value is -2.40. The van der Waals surface area contributed by atoms with Gasteiger partial charge in [0.25, 0.3) is 0 Å². The highest BCUT2D eigenvalue weighted by Gasteiger charge is 2.26. The zero-order valence-corrected chi connectivity index (χ0v) is 12.4. The summed E-state index contributed by atoms with van der Waals surface area (Å²) in [5.74, 6) is 1.68. The molecule has 0 bridgehead atoms. The largest absolute Gasteiger partial charge is 0.484 e. The lowest BCUT2D eigenvalue weighted by molar-refractivity contribution is 0.176. The lowest BCUT2D eigenvalue weighted by Gasteiger charge is -2.30. The molecule has 0 fully saturated rings. The molecule has 1 aliphatic rings. The van der Waals surface area contributed by atoms with E-state index in [1.807, 2.05) is 41.8 Å². The van der Waals surface area contributed by atoms with Crippen molar-refractivity contribution in [2.24, 2.45) is 5.73 Å². The smallest absolute Gasteiger partial charge is 0.161 e. The fraction of sp³-hybridized carbons (Fsp3) is 0.294. The molecule has 1 aliphatic carbocycles. The SMILES string of the molecule is Cc1nnc2ccc(OC3CCC(N)c4ccccc43)cn12. The molecule has 1 aromatic carbocycles. The fourth-order valence-electron chi connectivity index (χ4n) is 3.13. The van der Waals surface area contributed by atoms with Gasteiger partial charge >= 0.3 is 0 Å². The number of pyridine rings is 1. The summed E-state index contributed by atoms with van der Waals surface area (Å²) >= 11 is 0. The predicted octanol–water partition coefficient (Wildman–Crippen LogP) is 2.95. The monoisotopic (exact) mass is 294 g/mol. The first-order chi connectivity index (χ1) is 10.7. The van der Waals surface area contributed by atoms with Crippen LogP contribution in [0.4, 0.5) is 0 Å². The minimum absolute atomic E-state index is 0.0465. The van der Waals surface area contributed by atoms with E-state index in [0.29, 0.717) is 0 Å². The van der Waals surface area contributed by atoms with Crippen LogP contribution in [-0.4, -0.2) is 14.6 Å². The van der Waals surface area contributed by atoms with Gasteiger partial charge in [-0.25, -0.2) is 0 Å². The van der Waals surface area contributed by atoms with Gasteiger partial charge in [-0.3, -0.25) is 4.40 Å². The van der Waals surface area contributed by atoms with Crippen molar-refractivity contribution >= 4 is 5.65 Å². The van der Waals surface area contributed by atoms with Crippen LogP contribution in [-0.2, 0) is 0 Å². The Morgan fingerprint density at radius 3 is 2.77 bits per heavy atom. The minimum Gasteiger partial charge on any atom is -0.484 e. The van der Waals surface area contributed by atoms with Crippen LogP contribution >= 0.6 is 0 Å². The van der Waals surface area contributed by atoms with Crippen LogP contribution in [0.3, 0.4) is 0 Å². The summed E-state index contributed by atoms with van der Waals surface area (Å²) in [5.41, 5.74) is 9.43. The van der Waals surface area contributed by atoms with Crippen LogP contribution < -0.4 is 10.5 Å². The number of ether oxygens (including phenoxy) is 1. The van der Waals surface area contributed by atoms with E-state index in [2.05, 4.69) is 22.3 Å². The maximum atomic E-state index is 6.23. The summed E-state index contributed by atoms with van der Waals surface area (Å²) in [6.45, 7) is 1.93. The molecular formula is C17H18N4O. The number of hydrogen-bond donors (Lipinski definition) is 1. The third kappa shape index (κ3) is 2.14. The van der Waals surface area contributed by atoms with E-state index in [4.69, 9.17) is 10.5 Å². The minimum atomic E-state index is 0.0465. The molecular weight excluding hydrogens is 276 g/mol. The Bertz CT molecular complexity index is 826. The van der Waals surface area contributed by atoms with Gasteiger partial charge in [0.15, 0.2) is 5.65 Å². The Balaban J connectivity index is 1.68. The molecule has 0 spiro atoms. The first-order valence-electron chi connectivity index (χ1n) is 7.55. The molecule has 22 heavy (non-hydrogen) atoms. The predicted molar refractivity (Wildman–Crippen MR) is 83.7 cm³/mol. The first kappa shape index (κ1) is 13.3. The van der Waals surface area contributed by atoms with Crippen molar-refractivity contribution in [1.29, 1.82) is 0 Å². The average molecular weight is 294 g/mol. The van der Waals surface area contributed by atoms with Crippen LogP contribution in [0.5, 0.6) is 5.75 Å². The van der Waals surface area contributed by atoms with Crippen LogP contribution in [0.2, 0.25) is 0 Å². The summed E-state index contributed by atoms with van der Waals surface area (Å²) < 4.78 is 8.17. The highest BCUT2D eigenvalue weighted by Crippen LogP contribution is 2.37. The Morgan fingerprint density at radius 1 is 1.09 bits per heavy atom. The lowest BCUT2D eigenvalue weighted by atomic mass is 9.86. The van der Waals surface area contributed by atoms with Crippen molar-refractivity contribution in [3.63, 3.8) is 0 Å². The highest BCUT2D eigenvalue weighted by molar-refractivity contribution is 5.42. The number of benzene rings is 1. The fourth-order valence-corrected chi connectivity index (χ4v) is 3.13. The van der Waals surface area contributed by atoms with Crippen LogP contribution in [0.15, 0.2) is 42.6 Å². The second kappa shape index (κ2) is 5.10. The molecule has 3 aromatic rings. The van der Waals surface area contributed by atoms with Crippen molar-refractivity contribution in [3.05, 3.63) is 59.5 Å². The van der Waals surface area contributed by atoms with E-state index in [1.165, 1.54) is 11.1 Å². The number of nitrogens with two attached hydrogens (primary N) is 1. The highest BCUT2D eigenvalue weighted by atomic mass is 16.5. The summed E-state index contributed by atoms with van der Waals surface area (Å²) in [6.07, 6.45) is 3.86. The first-order valence-corrected chi connectivity index (χ1v) is 7.55. The van der Waals surface area contributed by atoms with Crippen LogP contribution in [0.1, 0.15) is 41.9 Å². The van der Waals surface area contributed by atoms with Crippen LogP contribution in [0, 0.1) is 6.92 Å². The van der Waals surface area contributed by atoms with Gasteiger partial charge in [0.2, 0.25) is 0 Å². The number of nitrogens with zero attached hydrogens (tertiary/aromatic N) is 3. The molecule has 112 valence electrons. The zero-order chi connectivity index (χ0) is 15.1. The second-order valence-corrected chi connectivity index (χ2v) is 5.76. The Labute approximate surface area is 128 Å². The van der Waals surface area contributed by atoms with Crippen LogP contribution in [0.25, 0.3) is 5.65 Å². The number of rotatable bonds is 2. The molecule has 2 N–H and O–H groups in total. The maximum Gasteiger partial charge on any atom is 0.161 e. The lowest BCUT2D eigenvalue weighted by Crippen LogP contribution is -2.23. The van der Waals surface area contributed by atoms with Crippen molar-refractivity contribution in [1.82, 2.24) is 14.6 Å². The molecule has 2 aromatic heterocycles. The quantitative estimate of drug-likeness (QED) is 0.789. The molecule has 2 unspecified atom stereocenters. The molecule has 5 heteroatoms. The standard InChI is InChI=1S/C17H18N4O/c1-11-19-20-17-9-6-12(10-21(11)17)22-16-8-7-15(18)13-4-2-3-5-14(13)16/h2-6,9-10,15-16H,7-8,18H2,1H3. The van der Waals surface area contributed by atoms with E-state index in [-0.39, 0.29) is 12.1 Å². The Kier molecular flexibility index (Phi) is 3.08. The molecule has 0 aliphatic heterocycles. The van der Waals surface area contributed by atoms with Gasteiger partial charge in [0.1, 0.15) is 17.7 Å². The number of hydrogen-bond acceptors (Lipinski definition) is 4. The van der Waals surface area contributed by atoms with E-state index in [9.17, 15) is 0 Å². The van der Waals surface area contributed by atoms with Crippen molar-refractivity contribution < 1.29 is 4.74 Å². The molecule has 2 heterocycles. The third-order valence-electron chi connectivity index (χ3n) is 4.31.